The Bertz CT molecular complexity index is 916. The maximum Gasteiger partial charge on any atom is 0.259 e. The number of likely N-dealkylation sites (N-methyl/N-ethyl adjacent to an activating group) is 1. The Kier molecular flexibility index (Phi) is 3.73. The minimum Gasteiger partial charge on any atom is -0.298 e. The number of aromatic nitrogens is 5. The molecule has 0 bridgehead atoms. The summed E-state index contributed by atoms with van der Waals surface area (Å²) in [4.78, 5) is 24.9. The van der Waals surface area contributed by atoms with Crippen LogP contribution in [0.5, 0.6) is 0 Å². The van der Waals surface area contributed by atoms with Crippen LogP contribution in [0.2, 0.25) is 0 Å². The number of hydrogen-bond acceptors (Lipinski definition) is 7. The monoisotopic (exact) mass is 343 g/mol. The van der Waals surface area contributed by atoms with Gasteiger partial charge in [-0.3, -0.25) is 15.0 Å². The Morgan fingerprint density at radius 1 is 1.46 bits per heavy atom. The summed E-state index contributed by atoms with van der Waals surface area (Å²) in [6.45, 7) is 5.12. The molecule has 1 N–H and O–H groups in total. The number of aryl methyl sites for hydroxylation is 1. The van der Waals surface area contributed by atoms with Gasteiger partial charge in [0.2, 0.25) is 0 Å². The van der Waals surface area contributed by atoms with Crippen LogP contribution in [-0.2, 0) is 20.0 Å². The van der Waals surface area contributed by atoms with Gasteiger partial charge in [-0.1, -0.05) is 12.1 Å². The van der Waals surface area contributed by atoms with Gasteiger partial charge in [0.1, 0.15) is 5.52 Å². The molecule has 1 aliphatic heterocycles. The molecule has 0 saturated heterocycles. The summed E-state index contributed by atoms with van der Waals surface area (Å²) in [7, 11) is 1.77. The van der Waals surface area contributed by atoms with Gasteiger partial charge in [0, 0.05) is 37.6 Å². The lowest BCUT2D eigenvalue weighted by Gasteiger charge is -2.23. The molecule has 0 fully saturated rings. The van der Waals surface area contributed by atoms with Crippen molar-refractivity contribution in [2.45, 2.75) is 19.9 Å². The number of thiazole rings is 1. The molecule has 0 unspecified atom stereocenters. The minimum absolute atomic E-state index is 0.228. The van der Waals surface area contributed by atoms with E-state index >= 15 is 0 Å². The van der Waals surface area contributed by atoms with E-state index in [1.165, 1.54) is 11.1 Å². The van der Waals surface area contributed by atoms with Crippen LogP contribution < -0.4 is 5.32 Å². The smallest absolute Gasteiger partial charge is 0.259 e. The fraction of sp³-hybridized carbons (Fsp3) is 0.400. The van der Waals surface area contributed by atoms with Gasteiger partial charge in [-0.15, -0.1) is 16.4 Å². The second-order valence-electron chi connectivity index (χ2n) is 5.74. The average Bonchev–Trinajstić information content (AvgIpc) is 3.16. The van der Waals surface area contributed by atoms with E-state index < -0.39 is 0 Å². The number of pyridine rings is 1. The first-order chi connectivity index (χ1) is 11.6. The molecule has 1 amide bonds. The molecule has 124 valence electrons. The highest BCUT2D eigenvalue weighted by Crippen LogP contribution is 2.28. The van der Waals surface area contributed by atoms with Crippen LogP contribution in [0.15, 0.2) is 12.3 Å². The predicted molar refractivity (Wildman–Crippen MR) is 91.0 cm³/mol. The Morgan fingerprint density at radius 2 is 2.33 bits per heavy atom. The molecule has 1 aliphatic rings. The van der Waals surface area contributed by atoms with Gasteiger partial charge in [-0.25, -0.2) is 14.6 Å². The van der Waals surface area contributed by atoms with Gasteiger partial charge in [0.25, 0.3) is 5.91 Å². The molecule has 0 atom stereocenters. The van der Waals surface area contributed by atoms with Crippen LogP contribution in [0.25, 0.3) is 11.2 Å². The molecule has 3 aromatic rings. The largest absolute Gasteiger partial charge is 0.298 e. The van der Waals surface area contributed by atoms with Gasteiger partial charge >= 0.3 is 0 Å². The molecular weight excluding hydrogens is 326 g/mol. The number of nitrogens with zero attached hydrogens (tertiary/aromatic N) is 6. The molecular formula is C15H17N7OS. The normalized spacial score (nSPS) is 14.8. The van der Waals surface area contributed by atoms with Gasteiger partial charge in [0.05, 0.1) is 11.3 Å². The lowest BCUT2D eigenvalue weighted by molar-refractivity contribution is 0.102. The third-order valence-electron chi connectivity index (χ3n) is 4.18. The quantitative estimate of drug-likeness (QED) is 0.774. The number of carbonyl (C=O) groups excluding carboxylic acids is 1. The van der Waals surface area contributed by atoms with Crippen LogP contribution in [0.4, 0.5) is 5.13 Å². The molecule has 0 aromatic carbocycles. The highest BCUT2D eigenvalue weighted by atomic mass is 32.1. The molecule has 0 spiro atoms. The van der Waals surface area contributed by atoms with Crippen molar-refractivity contribution in [1.29, 1.82) is 0 Å². The number of anilines is 1. The average molecular weight is 343 g/mol. The summed E-state index contributed by atoms with van der Waals surface area (Å²) in [6, 6.07) is 1.69. The van der Waals surface area contributed by atoms with Gasteiger partial charge < -0.3 is 0 Å². The highest BCUT2D eigenvalue weighted by molar-refractivity contribution is 7.15. The predicted octanol–water partition coefficient (Wildman–Crippen LogP) is 1.45. The summed E-state index contributed by atoms with van der Waals surface area (Å²) < 4.78 is 1.57. The van der Waals surface area contributed by atoms with E-state index in [0.29, 0.717) is 21.9 Å². The standard InChI is InChI=1S/C15H17N7OS/c1-3-22-5-4-10-12(8-22)24-15(17-10)18-14(23)9-6-11-13(16-7-9)21(2)20-19-11/h6-7H,3-5,8H2,1-2H3,(H,17,18,23). The van der Waals surface area contributed by atoms with Crippen LogP contribution in [0.1, 0.15) is 27.9 Å². The first kappa shape index (κ1) is 15.2. The van der Waals surface area contributed by atoms with Crippen molar-refractivity contribution in [3.8, 4) is 0 Å². The van der Waals surface area contributed by atoms with E-state index in [9.17, 15) is 4.79 Å². The van der Waals surface area contributed by atoms with Gasteiger partial charge in [0.15, 0.2) is 10.8 Å². The third kappa shape index (κ3) is 2.65. The maximum atomic E-state index is 12.4. The van der Waals surface area contributed by atoms with E-state index in [-0.39, 0.29) is 5.91 Å². The molecule has 8 nitrogen and oxygen atoms in total. The zero-order valence-corrected chi connectivity index (χ0v) is 14.3. The molecule has 4 rings (SSSR count). The Hall–Kier alpha value is -2.39. The molecule has 0 aliphatic carbocycles. The Morgan fingerprint density at radius 3 is 3.17 bits per heavy atom. The van der Waals surface area contributed by atoms with Crippen LogP contribution in [-0.4, -0.2) is 48.9 Å². The lowest BCUT2D eigenvalue weighted by atomic mass is 10.2. The molecule has 9 heteroatoms. The van der Waals surface area contributed by atoms with E-state index in [2.05, 4.69) is 37.4 Å². The fourth-order valence-electron chi connectivity index (χ4n) is 2.79. The number of rotatable bonds is 3. The van der Waals surface area contributed by atoms with Gasteiger partial charge in [-0.2, -0.15) is 0 Å². The fourth-order valence-corrected chi connectivity index (χ4v) is 3.84. The van der Waals surface area contributed by atoms with Crippen molar-refractivity contribution in [2.75, 3.05) is 18.4 Å². The first-order valence-corrected chi connectivity index (χ1v) is 8.63. The first-order valence-electron chi connectivity index (χ1n) is 7.81. The maximum absolute atomic E-state index is 12.4. The highest BCUT2D eigenvalue weighted by Gasteiger charge is 2.21. The van der Waals surface area contributed by atoms with Crippen molar-refractivity contribution in [2.24, 2.45) is 7.05 Å². The molecule has 0 radical (unpaired) electrons. The second kappa shape index (κ2) is 5.91. The number of fused-ring (bicyclic) bond motifs is 2. The SMILES string of the molecule is CCN1CCc2nc(NC(=O)c3cnc4c(c3)nnn4C)sc2C1. The summed E-state index contributed by atoms with van der Waals surface area (Å²) in [5.74, 6) is -0.228. The molecule has 0 saturated carbocycles. The zero-order chi connectivity index (χ0) is 16.7. The zero-order valence-electron chi connectivity index (χ0n) is 13.5. The summed E-state index contributed by atoms with van der Waals surface area (Å²) in [6.07, 6.45) is 2.47. The van der Waals surface area contributed by atoms with Crippen LogP contribution in [0, 0.1) is 0 Å². The summed E-state index contributed by atoms with van der Waals surface area (Å²) in [5, 5.41) is 11.4. The van der Waals surface area contributed by atoms with Crippen LogP contribution >= 0.6 is 11.3 Å². The van der Waals surface area contributed by atoms with Crippen molar-refractivity contribution in [1.82, 2.24) is 29.9 Å². The van der Waals surface area contributed by atoms with Gasteiger partial charge in [-0.05, 0) is 12.6 Å². The Labute approximate surface area is 142 Å². The van der Waals surface area contributed by atoms with Crippen molar-refractivity contribution in [3.63, 3.8) is 0 Å². The van der Waals surface area contributed by atoms with Crippen LogP contribution in [0.3, 0.4) is 0 Å². The minimum atomic E-state index is -0.228. The number of amides is 1. The summed E-state index contributed by atoms with van der Waals surface area (Å²) >= 11 is 1.55. The van der Waals surface area contributed by atoms with E-state index in [1.807, 2.05) is 0 Å². The van der Waals surface area contributed by atoms with Crippen molar-refractivity contribution < 1.29 is 4.79 Å². The van der Waals surface area contributed by atoms with E-state index in [4.69, 9.17) is 0 Å². The molecule has 4 heterocycles. The number of carbonyl (C=O) groups is 1. The van der Waals surface area contributed by atoms with E-state index in [1.54, 1.807) is 29.1 Å². The van der Waals surface area contributed by atoms with Crippen molar-refractivity contribution in [3.05, 3.63) is 28.4 Å². The van der Waals surface area contributed by atoms with Crippen molar-refractivity contribution >= 4 is 33.5 Å². The lowest BCUT2D eigenvalue weighted by Crippen LogP contribution is -2.29. The summed E-state index contributed by atoms with van der Waals surface area (Å²) in [5.41, 5.74) is 2.80. The second-order valence-corrected chi connectivity index (χ2v) is 6.83. The Balaban J connectivity index is 1.54. The number of nitrogens with one attached hydrogen (secondary N) is 1. The topological polar surface area (TPSA) is 88.8 Å². The number of hydrogen-bond donors (Lipinski definition) is 1. The van der Waals surface area contributed by atoms with E-state index in [0.717, 1.165) is 31.7 Å². The molecule has 24 heavy (non-hydrogen) atoms. The third-order valence-corrected chi connectivity index (χ3v) is 5.18. The molecule has 3 aromatic heterocycles.